The third kappa shape index (κ3) is 2.55. The summed E-state index contributed by atoms with van der Waals surface area (Å²) in [5.74, 6) is 1.92. The zero-order valence-electron chi connectivity index (χ0n) is 16.7. The molecule has 7 nitrogen and oxygen atoms in total. The van der Waals surface area contributed by atoms with E-state index >= 15 is 0 Å². The molecular formula is C23H22N6O. The molecule has 2 fully saturated rings. The van der Waals surface area contributed by atoms with Crippen molar-refractivity contribution in [3.63, 3.8) is 0 Å². The third-order valence-electron chi connectivity index (χ3n) is 6.25. The van der Waals surface area contributed by atoms with E-state index in [0.29, 0.717) is 12.1 Å². The number of nitrogens with zero attached hydrogens (tertiary/aromatic N) is 6. The maximum atomic E-state index is 5.59. The third-order valence-corrected chi connectivity index (χ3v) is 6.25. The van der Waals surface area contributed by atoms with Crippen LogP contribution in [0.5, 0.6) is 5.75 Å². The van der Waals surface area contributed by atoms with Crippen molar-refractivity contribution >= 4 is 22.5 Å². The summed E-state index contributed by atoms with van der Waals surface area (Å²) in [6, 6.07) is 19.2. The Morgan fingerprint density at radius 2 is 1.67 bits per heavy atom. The number of benzene rings is 2. The van der Waals surface area contributed by atoms with Crippen molar-refractivity contribution in [2.24, 2.45) is 0 Å². The Labute approximate surface area is 174 Å². The van der Waals surface area contributed by atoms with Crippen LogP contribution in [-0.2, 0) is 0 Å². The summed E-state index contributed by atoms with van der Waals surface area (Å²) in [5.41, 5.74) is 3.02. The van der Waals surface area contributed by atoms with Crippen LogP contribution in [0.25, 0.3) is 16.7 Å². The quantitative estimate of drug-likeness (QED) is 0.526. The van der Waals surface area contributed by atoms with Crippen LogP contribution in [-0.4, -0.2) is 52.0 Å². The van der Waals surface area contributed by atoms with E-state index in [0.717, 1.165) is 47.8 Å². The highest BCUT2D eigenvalue weighted by atomic mass is 16.5. The normalized spacial score (nSPS) is 20.3. The number of ether oxygens (including phenoxy) is 1. The van der Waals surface area contributed by atoms with Gasteiger partial charge in [-0.15, -0.1) is 0 Å². The highest BCUT2D eigenvalue weighted by molar-refractivity contribution is 5.88. The number of fused-ring (bicyclic) bond motifs is 3. The van der Waals surface area contributed by atoms with Crippen molar-refractivity contribution in [3.8, 4) is 11.4 Å². The van der Waals surface area contributed by atoms with Gasteiger partial charge in [0.2, 0.25) is 0 Å². The van der Waals surface area contributed by atoms with Gasteiger partial charge in [0.25, 0.3) is 0 Å². The van der Waals surface area contributed by atoms with E-state index < -0.39 is 0 Å². The molecular weight excluding hydrogens is 376 g/mol. The molecule has 150 valence electrons. The first-order chi connectivity index (χ1) is 14.8. The molecule has 2 saturated heterocycles. The van der Waals surface area contributed by atoms with Crippen LogP contribution in [0, 0.1) is 0 Å². The van der Waals surface area contributed by atoms with Crippen LogP contribution in [0.1, 0.15) is 6.42 Å². The monoisotopic (exact) mass is 398 g/mol. The highest BCUT2D eigenvalue weighted by Crippen LogP contribution is 2.41. The zero-order valence-corrected chi connectivity index (χ0v) is 16.7. The Morgan fingerprint density at radius 3 is 2.47 bits per heavy atom. The maximum Gasteiger partial charge on any atom is 0.168 e. The lowest BCUT2D eigenvalue weighted by Gasteiger charge is -2.36. The number of hydrogen-bond acceptors (Lipinski definition) is 6. The van der Waals surface area contributed by atoms with Gasteiger partial charge < -0.3 is 14.5 Å². The molecule has 0 radical (unpaired) electrons. The van der Waals surface area contributed by atoms with Gasteiger partial charge in [-0.2, -0.15) is 5.10 Å². The molecule has 2 aromatic carbocycles. The second-order valence-corrected chi connectivity index (χ2v) is 7.85. The minimum atomic E-state index is 0.415. The number of anilines is 2. The first-order valence-corrected chi connectivity index (χ1v) is 10.2. The van der Waals surface area contributed by atoms with Crippen molar-refractivity contribution in [2.75, 3.05) is 30.0 Å². The second-order valence-electron chi connectivity index (χ2n) is 7.85. The molecule has 0 amide bonds. The van der Waals surface area contributed by atoms with Crippen LogP contribution in [0.15, 0.2) is 67.1 Å². The lowest BCUT2D eigenvalue weighted by molar-refractivity contribution is 0.413. The summed E-state index contributed by atoms with van der Waals surface area (Å²) in [6.07, 6.45) is 4.67. The summed E-state index contributed by atoms with van der Waals surface area (Å²) in [6.45, 7) is 1.90. The fraction of sp³-hybridized carbons (Fsp3) is 0.261. The predicted molar refractivity (Wildman–Crippen MR) is 117 cm³/mol. The lowest BCUT2D eigenvalue weighted by atomic mass is 10.2. The Morgan fingerprint density at radius 1 is 0.900 bits per heavy atom. The molecule has 0 spiro atoms. The Balaban J connectivity index is 1.33. The van der Waals surface area contributed by atoms with Gasteiger partial charge >= 0.3 is 0 Å². The minimum absolute atomic E-state index is 0.415. The number of rotatable bonds is 4. The average molecular weight is 398 g/mol. The average Bonchev–Trinajstić information content (AvgIpc) is 3.53. The number of piperazine rings is 1. The van der Waals surface area contributed by atoms with Gasteiger partial charge in [-0.3, -0.25) is 0 Å². The van der Waals surface area contributed by atoms with E-state index in [2.05, 4.69) is 37.0 Å². The van der Waals surface area contributed by atoms with Gasteiger partial charge in [0, 0.05) is 19.1 Å². The van der Waals surface area contributed by atoms with Gasteiger partial charge in [-0.1, -0.05) is 30.3 Å². The van der Waals surface area contributed by atoms with Gasteiger partial charge in [0.15, 0.2) is 5.65 Å². The predicted octanol–water partition coefficient (Wildman–Crippen LogP) is 3.29. The van der Waals surface area contributed by atoms with Gasteiger partial charge in [-0.25, -0.2) is 14.6 Å². The molecule has 2 atom stereocenters. The second kappa shape index (κ2) is 6.73. The number of aromatic nitrogens is 4. The minimum Gasteiger partial charge on any atom is -0.495 e. The standard InChI is InChI=1S/C23H22N6O/c1-30-21-10-6-5-9-20(21)27-13-18-11-17(27)14-28(18)22-19-12-26-29(23(19)25-15-24-22)16-7-3-2-4-8-16/h2-10,12,15,17-18H,11,13-14H2,1H3/t17-,18-/m1/s1. The molecule has 4 heterocycles. The number of para-hydroxylation sites is 3. The summed E-state index contributed by atoms with van der Waals surface area (Å²) in [7, 11) is 1.74. The molecule has 4 aromatic rings. The van der Waals surface area contributed by atoms with Crippen molar-refractivity contribution in [1.29, 1.82) is 0 Å². The van der Waals surface area contributed by atoms with Crippen LogP contribution in [0.3, 0.4) is 0 Å². The largest absolute Gasteiger partial charge is 0.495 e. The lowest BCUT2D eigenvalue weighted by Crippen LogP contribution is -2.47. The maximum absolute atomic E-state index is 5.59. The molecule has 2 aliphatic heterocycles. The smallest absolute Gasteiger partial charge is 0.168 e. The molecule has 2 aliphatic rings. The molecule has 6 rings (SSSR count). The van der Waals surface area contributed by atoms with Crippen LogP contribution < -0.4 is 14.5 Å². The van der Waals surface area contributed by atoms with Crippen molar-refractivity contribution < 1.29 is 4.74 Å². The summed E-state index contributed by atoms with van der Waals surface area (Å²) in [4.78, 5) is 14.1. The van der Waals surface area contributed by atoms with Crippen molar-refractivity contribution in [2.45, 2.75) is 18.5 Å². The van der Waals surface area contributed by atoms with Gasteiger partial charge in [0.1, 0.15) is 17.9 Å². The summed E-state index contributed by atoms with van der Waals surface area (Å²) in [5, 5.41) is 5.60. The number of hydrogen-bond donors (Lipinski definition) is 0. The van der Waals surface area contributed by atoms with Crippen LogP contribution >= 0.6 is 0 Å². The molecule has 2 aromatic heterocycles. The molecule has 0 saturated carbocycles. The fourth-order valence-electron chi connectivity index (χ4n) is 4.91. The summed E-state index contributed by atoms with van der Waals surface area (Å²) < 4.78 is 7.48. The molecule has 30 heavy (non-hydrogen) atoms. The highest BCUT2D eigenvalue weighted by Gasteiger charge is 2.45. The SMILES string of the molecule is COc1ccccc1N1C[C@H]2C[C@@H]1CN2c1ncnc2c1cnn2-c1ccccc1. The van der Waals surface area contributed by atoms with E-state index in [4.69, 9.17) is 4.74 Å². The molecule has 0 aliphatic carbocycles. The molecule has 0 unspecified atom stereocenters. The summed E-state index contributed by atoms with van der Waals surface area (Å²) >= 11 is 0. The van der Waals surface area contributed by atoms with Crippen LogP contribution in [0.4, 0.5) is 11.5 Å². The molecule has 2 bridgehead atoms. The van der Waals surface area contributed by atoms with E-state index in [9.17, 15) is 0 Å². The first kappa shape index (κ1) is 17.3. The first-order valence-electron chi connectivity index (χ1n) is 10.2. The van der Waals surface area contributed by atoms with Crippen molar-refractivity contribution in [3.05, 3.63) is 67.1 Å². The van der Waals surface area contributed by atoms with Crippen LogP contribution in [0.2, 0.25) is 0 Å². The zero-order chi connectivity index (χ0) is 20.1. The van der Waals surface area contributed by atoms with E-state index in [1.165, 1.54) is 5.69 Å². The van der Waals surface area contributed by atoms with Crippen molar-refractivity contribution in [1.82, 2.24) is 19.7 Å². The Bertz CT molecular complexity index is 1210. The Hall–Kier alpha value is -3.61. The fourth-order valence-corrected chi connectivity index (χ4v) is 4.91. The Kier molecular flexibility index (Phi) is 3.87. The van der Waals surface area contributed by atoms with E-state index in [1.54, 1.807) is 13.4 Å². The number of methoxy groups -OCH3 is 1. The van der Waals surface area contributed by atoms with Gasteiger partial charge in [0.05, 0.1) is 36.1 Å². The molecule has 0 N–H and O–H groups in total. The van der Waals surface area contributed by atoms with E-state index in [1.807, 2.05) is 53.3 Å². The van der Waals surface area contributed by atoms with Gasteiger partial charge in [-0.05, 0) is 30.7 Å². The molecule has 7 heteroatoms. The van der Waals surface area contributed by atoms with E-state index in [-0.39, 0.29) is 0 Å². The topological polar surface area (TPSA) is 59.3 Å².